The van der Waals surface area contributed by atoms with Crippen molar-refractivity contribution in [2.24, 2.45) is 0 Å². The predicted molar refractivity (Wildman–Crippen MR) is 80.1 cm³/mol. The molecule has 0 saturated carbocycles. The number of carbonyl (C=O) groups is 1. The van der Waals surface area contributed by atoms with E-state index in [0.29, 0.717) is 17.8 Å². The van der Waals surface area contributed by atoms with Crippen LogP contribution < -0.4 is 5.32 Å². The third kappa shape index (κ3) is 4.78. The molecule has 0 aliphatic rings. The first-order chi connectivity index (χ1) is 10.1. The van der Waals surface area contributed by atoms with Gasteiger partial charge in [0.2, 0.25) is 11.7 Å². The predicted octanol–water partition coefficient (Wildman–Crippen LogP) is 2.64. The maximum atomic E-state index is 12.8. The molecule has 2 rings (SSSR count). The Bertz CT molecular complexity index is 604. The number of benzene rings is 1. The van der Waals surface area contributed by atoms with Crippen molar-refractivity contribution < 1.29 is 18.8 Å². The smallest absolute Gasteiger partial charge is 0.320 e. The number of carboxylic acids is 1. The molecule has 0 amide bonds. The minimum Gasteiger partial charge on any atom is -0.480 e. The average molecular weight is 330 g/mol. The third-order valence-corrected chi connectivity index (χ3v) is 2.95. The molecule has 1 aromatic carbocycles. The van der Waals surface area contributed by atoms with Crippen molar-refractivity contribution in [1.29, 1.82) is 0 Å². The topological polar surface area (TPSA) is 88.3 Å². The Morgan fingerprint density at radius 2 is 2.09 bits per heavy atom. The van der Waals surface area contributed by atoms with Crippen LogP contribution in [0.4, 0.5) is 4.39 Å². The van der Waals surface area contributed by atoms with Crippen LogP contribution in [-0.2, 0) is 11.3 Å². The number of hydrogen-bond donors (Lipinski definition) is 2. The van der Waals surface area contributed by atoms with Gasteiger partial charge in [-0.1, -0.05) is 18.5 Å². The van der Waals surface area contributed by atoms with Gasteiger partial charge in [0, 0.05) is 5.56 Å². The van der Waals surface area contributed by atoms with Gasteiger partial charge in [0.1, 0.15) is 11.9 Å². The number of rotatable bonds is 7. The van der Waals surface area contributed by atoms with E-state index in [1.165, 1.54) is 12.1 Å². The van der Waals surface area contributed by atoms with Crippen molar-refractivity contribution in [3.05, 3.63) is 36.0 Å². The molecule has 1 atom stereocenters. The zero-order chi connectivity index (χ0) is 15.2. The number of nitrogens with one attached hydrogen (secondary N) is 1. The molecule has 2 aromatic rings. The van der Waals surface area contributed by atoms with Crippen LogP contribution in [0.3, 0.4) is 0 Å². The second-order valence-corrected chi connectivity index (χ2v) is 4.58. The van der Waals surface area contributed by atoms with Crippen molar-refractivity contribution in [2.75, 3.05) is 0 Å². The highest BCUT2D eigenvalue weighted by Crippen LogP contribution is 2.16. The molecule has 0 bridgehead atoms. The Morgan fingerprint density at radius 3 is 2.68 bits per heavy atom. The highest BCUT2D eigenvalue weighted by molar-refractivity contribution is 5.85. The van der Waals surface area contributed by atoms with E-state index >= 15 is 0 Å². The largest absolute Gasteiger partial charge is 0.480 e. The molecule has 0 aliphatic carbocycles. The van der Waals surface area contributed by atoms with Crippen molar-refractivity contribution in [3.8, 4) is 11.4 Å². The van der Waals surface area contributed by atoms with Crippen LogP contribution in [0.25, 0.3) is 11.4 Å². The molecule has 2 N–H and O–H groups in total. The molecule has 0 fully saturated rings. The van der Waals surface area contributed by atoms with Gasteiger partial charge >= 0.3 is 5.97 Å². The third-order valence-electron chi connectivity index (χ3n) is 2.95. The lowest BCUT2D eigenvalue weighted by molar-refractivity contribution is -0.139. The fraction of sp³-hybridized carbons (Fsp3) is 0.357. The molecular weight excluding hydrogens is 313 g/mol. The standard InChI is InChI=1S/C14H16FN3O3.ClH/c1-2-3-11(14(19)20)16-8-12-17-13(18-21-12)9-4-6-10(15)7-5-9;/h4-7,11,16H,2-3,8H2,1H3,(H,19,20);1H. The average Bonchev–Trinajstić information content (AvgIpc) is 2.92. The first kappa shape index (κ1) is 18.1. The number of aliphatic carboxylic acids is 1. The number of carboxylic acid groups (broad SMARTS) is 1. The summed E-state index contributed by atoms with van der Waals surface area (Å²) in [6, 6.07) is 5.08. The van der Waals surface area contributed by atoms with Crippen molar-refractivity contribution in [2.45, 2.75) is 32.4 Å². The highest BCUT2D eigenvalue weighted by atomic mass is 35.5. The lowest BCUT2D eigenvalue weighted by Crippen LogP contribution is -2.36. The zero-order valence-electron chi connectivity index (χ0n) is 12.0. The van der Waals surface area contributed by atoms with Gasteiger partial charge in [-0.15, -0.1) is 12.4 Å². The van der Waals surface area contributed by atoms with E-state index in [0.717, 1.165) is 6.42 Å². The molecule has 0 spiro atoms. The van der Waals surface area contributed by atoms with Gasteiger partial charge in [0.15, 0.2) is 0 Å². The van der Waals surface area contributed by atoms with Crippen molar-refractivity contribution in [1.82, 2.24) is 15.5 Å². The van der Waals surface area contributed by atoms with Gasteiger partial charge in [-0.3, -0.25) is 10.1 Å². The van der Waals surface area contributed by atoms with Crippen LogP contribution in [0.15, 0.2) is 28.8 Å². The Balaban J connectivity index is 0.00000242. The number of halogens is 2. The van der Waals surface area contributed by atoms with E-state index in [1.807, 2.05) is 6.92 Å². The number of aromatic nitrogens is 2. The summed E-state index contributed by atoms with van der Waals surface area (Å²) in [5, 5.41) is 15.7. The summed E-state index contributed by atoms with van der Waals surface area (Å²) in [5.74, 6) is -0.617. The van der Waals surface area contributed by atoms with Crippen molar-refractivity contribution >= 4 is 18.4 Å². The van der Waals surface area contributed by atoms with E-state index < -0.39 is 12.0 Å². The van der Waals surface area contributed by atoms with Gasteiger partial charge in [0.25, 0.3) is 0 Å². The van der Waals surface area contributed by atoms with Crippen molar-refractivity contribution in [3.63, 3.8) is 0 Å². The van der Waals surface area contributed by atoms with Crippen LogP contribution >= 0.6 is 12.4 Å². The van der Waals surface area contributed by atoms with E-state index in [-0.39, 0.29) is 30.7 Å². The van der Waals surface area contributed by atoms with Gasteiger partial charge < -0.3 is 9.63 Å². The quantitative estimate of drug-likeness (QED) is 0.812. The fourth-order valence-corrected chi connectivity index (χ4v) is 1.85. The molecule has 22 heavy (non-hydrogen) atoms. The summed E-state index contributed by atoms with van der Waals surface area (Å²) in [5.41, 5.74) is 0.634. The lowest BCUT2D eigenvalue weighted by Gasteiger charge is -2.11. The molecule has 0 saturated heterocycles. The van der Waals surface area contributed by atoms with Crippen LogP contribution in [-0.4, -0.2) is 27.3 Å². The summed E-state index contributed by atoms with van der Waals surface area (Å²) in [4.78, 5) is 15.2. The van der Waals surface area contributed by atoms with Crippen LogP contribution in [0.5, 0.6) is 0 Å². The Morgan fingerprint density at radius 1 is 1.41 bits per heavy atom. The maximum Gasteiger partial charge on any atom is 0.320 e. The molecule has 1 heterocycles. The van der Waals surface area contributed by atoms with E-state index in [9.17, 15) is 9.18 Å². The van der Waals surface area contributed by atoms with Crippen LogP contribution in [0, 0.1) is 5.82 Å². The SMILES string of the molecule is CCCC(NCc1nc(-c2ccc(F)cc2)no1)C(=O)O.Cl. The molecular formula is C14H17ClFN3O3. The number of hydrogen-bond acceptors (Lipinski definition) is 5. The first-order valence-electron chi connectivity index (χ1n) is 6.65. The fourth-order valence-electron chi connectivity index (χ4n) is 1.85. The Hall–Kier alpha value is -1.99. The zero-order valence-corrected chi connectivity index (χ0v) is 12.8. The summed E-state index contributed by atoms with van der Waals surface area (Å²) in [6.45, 7) is 2.09. The monoisotopic (exact) mass is 329 g/mol. The molecule has 120 valence electrons. The van der Waals surface area contributed by atoms with Gasteiger partial charge in [-0.25, -0.2) is 4.39 Å². The summed E-state index contributed by atoms with van der Waals surface area (Å²) < 4.78 is 17.9. The molecule has 1 aromatic heterocycles. The summed E-state index contributed by atoms with van der Waals surface area (Å²) in [6.07, 6.45) is 1.28. The van der Waals surface area contributed by atoms with Gasteiger partial charge in [0.05, 0.1) is 6.54 Å². The van der Waals surface area contributed by atoms with E-state index in [2.05, 4.69) is 15.5 Å². The Labute approximate surface area is 133 Å². The number of nitrogens with zero attached hydrogens (tertiary/aromatic N) is 2. The minimum atomic E-state index is -0.907. The molecule has 1 unspecified atom stereocenters. The normalized spacial score (nSPS) is 11.7. The van der Waals surface area contributed by atoms with E-state index in [4.69, 9.17) is 9.63 Å². The first-order valence-corrected chi connectivity index (χ1v) is 6.65. The highest BCUT2D eigenvalue weighted by Gasteiger charge is 2.17. The minimum absolute atomic E-state index is 0. The second kappa shape index (κ2) is 8.45. The van der Waals surface area contributed by atoms with E-state index in [1.54, 1.807) is 12.1 Å². The maximum absolute atomic E-state index is 12.8. The van der Waals surface area contributed by atoms with Gasteiger partial charge in [-0.2, -0.15) is 4.98 Å². The molecule has 6 nitrogen and oxygen atoms in total. The summed E-state index contributed by atoms with van der Waals surface area (Å²) >= 11 is 0. The van der Waals surface area contributed by atoms with Gasteiger partial charge in [-0.05, 0) is 30.7 Å². The molecule has 0 radical (unpaired) electrons. The second-order valence-electron chi connectivity index (χ2n) is 4.58. The Kier molecular flexibility index (Phi) is 6.94. The lowest BCUT2D eigenvalue weighted by atomic mass is 10.2. The van der Waals surface area contributed by atoms with Crippen LogP contribution in [0.2, 0.25) is 0 Å². The summed E-state index contributed by atoms with van der Waals surface area (Å²) in [7, 11) is 0. The van der Waals surface area contributed by atoms with Crippen LogP contribution in [0.1, 0.15) is 25.7 Å². The molecule has 8 heteroatoms. The molecule has 0 aliphatic heterocycles.